The van der Waals surface area contributed by atoms with Crippen LogP contribution in [0.15, 0.2) is 24.5 Å². The van der Waals surface area contributed by atoms with E-state index in [9.17, 15) is 18.0 Å². The molecule has 1 aromatic rings. The summed E-state index contributed by atoms with van der Waals surface area (Å²) >= 11 is 0. The summed E-state index contributed by atoms with van der Waals surface area (Å²) in [5.41, 5.74) is 1.10. The molecule has 1 unspecified atom stereocenters. The highest BCUT2D eigenvalue weighted by Crippen LogP contribution is 2.43. The SMILES string of the molecule is O=C(C1CC1)N1CCC2(CC1)OCCC2CCOCc1cccnc1.O=C(O)C(F)(F)F. The Kier molecular flexibility index (Phi) is 8.10. The van der Waals surface area contributed by atoms with Gasteiger partial charge in [0.2, 0.25) is 5.91 Å². The van der Waals surface area contributed by atoms with Crippen molar-refractivity contribution in [2.45, 2.75) is 56.9 Å². The number of pyridine rings is 1. The maximum atomic E-state index is 12.3. The van der Waals surface area contributed by atoms with Crippen LogP contribution in [0.3, 0.4) is 0 Å². The predicted octanol–water partition coefficient (Wildman–Crippen LogP) is 3.43. The summed E-state index contributed by atoms with van der Waals surface area (Å²) in [7, 11) is 0. The van der Waals surface area contributed by atoms with Gasteiger partial charge >= 0.3 is 12.1 Å². The lowest BCUT2D eigenvalue weighted by atomic mass is 9.78. The van der Waals surface area contributed by atoms with Gasteiger partial charge in [-0.3, -0.25) is 9.78 Å². The molecule has 3 fully saturated rings. The number of carboxylic acid groups (broad SMARTS) is 1. The highest BCUT2D eigenvalue weighted by molar-refractivity contribution is 5.81. The van der Waals surface area contributed by atoms with Crippen LogP contribution in [0.2, 0.25) is 0 Å². The minimum Gasteiger partial charge on any atom is -0.475 e. The Morgan fingerprint density at radius 2 is 1.94 bits per heavy atom. The molecule has 3 aliphatic rings. The zero-order valence-electron chi connectivity index (χ0n) is 17.9. The average molecular weight is 458 g/mol. The predicted molar refractivity (Wildman–Crippen MR) is 108 cm³/mol. The van der Waals surface area contributed by atoms with Crippen molar-refractivity contribution in [3.8, 4) is 0 Å². The standard InChI is InChI=1S/C20H28N2O3.C2HF3O2/c23-19(17-3-4-17)22-10-7-20(8-11-22)18(6-13-25-20)5-12-24-15-16-2-1-9-21-14-16;3-2(4,5)1(6)7/h1-2,9,14,17-18H,3-8,10-13,15H2;(H,6,7). The van der Waals surface area contributed by atoms with Gasteiger partial charge in [-0.1, -0.05) is 6.07 Å². The fourth-order valence-corrected chi connectivity index (χ4v) is 4.34. The van der Waals surface area contributed by atoms with Crippen molar-refractivity contribution in [2.75, 3.05) is 26.3 Å². The number of alkyl halides is 3. The molecule has 2 aliphatic heterocycles. The van der Waals surface area contributed by atoms with E-state index in [2.05, 4.69) is 9.88 Å². The van der Waals surface area contributed by atoms with Crippen LogP contribution in [0.4, 0.5) is 13.2 Å². The number of hydrogen-bond acceptors (Lipinski definition) is 5. The van der Waals surface area contributed by atoms with E-state index in [0.717, 1.165) is 70.4 Å². The van der Waals surface area contributed by atoms with Crippen molar-refractivity contribution in [3.63, 3.8) is 0 Å². The summed E-state index contributed by atoms with van der Waals surface area (Å²) < 4.78 is 43.8. The molecule has 32 heavy (non-hydrogen) atoms. The van der Waals surface area contributed by atoms with Crippen molar-refractivity contribution < 1.29 is 37.3 Å². The summed E-state index contributed by atoms with van der Waals surface area (Å²) in [5, 5.41) is 7.12. The number of carboxylic acids is 1. The van der Waals surface area contributed by atoms with Gasteiger partial charge in [0.15, 0.2) is 0 Å². The van der Waals surface area contributed by atoms with E-state index < -0.39 is 12.1 Å². The minimum atomic E-state index is -5.08. The highest BCUT2D eigenvalue weighted by atomic mass is 19.4. The second kappa shape index (κ2) is 10.6. The molecule has 0 radical (unpaired) electrons. The molecule has 0 aromatic carbocycles. The van der Waals surface area contributed by atoms with Gasteiger partial charge in [-0.2, -0.15) is 13.2 Å². The van der Waals surface area contributed by atoms with Gasteiger partial charge in [-0.15, -0.1) is 0 Å². The molecule has 1 atom stereocenters. The fraction of sp³-hybridized carbons (Fsp3) is 0.682. The van der Waals surface area contributed by atoms with Gasteiger partial charge in [0.1, 0.15) is 0 Å². The topological polar surface area (TPSA) is 89.0 Å². The lowest BCUT2D eigenvalue weighted by Gasteiger charge is -2.42. The Labute approximate surface area is 184 Å². The summed E-state index contributed by atoms with van der Waals surface area (Å²) in [6.07, 6.45) is 4.86. The van der Waals surface area contributed by atoms with Crippen molar-refractivity contribution in [1.82, 2.24) is 9.88 Å². The van der Waals surface area contributed by atoms with Crippen LogP contribution in [-0.4, -0.2) is 64.9 Å². The normalized spacial score (nSPS) is 22.3. The largest absolute Gasteiger partial charge is 0.490 e. The van der Waals surface area contributed by atoms with E-state index in [1.807, 2.05) is 18.3 Å². The number of nitrogens with zero attached hydrogens (tertiary/aromatic N) is 2. The van der Waals surface area contributed by atoms with Crippen LogP contribution in [0.25, 0.3) is 0 Å². The molecule has 1 saturated carbocycles. The number of carbonyl (C=O) groups excluding carboxylic acids is 1. The molecular weight excluding hydrogens is 429 g/mol. The molecular formula is C22H29F3N2O5. The average Bonchev–Trinajstić information content (AvgIpc) is 3.55. The Bertz CT molecular complexity index is 763. The van der Waals surface area contributed by atoms with Gasteiger partial charge in [0, 0.05) is 44.6 Å². The number of ether oxygens (including phenoxy) is 2. The Morgan fingerprint density at radius 3 is 2.50 bits per heavy atom. The first-order valence-corrected chi connectivity index (χ1v) is 10.9. The smallest absolute Gasteiger partial charge is 0.475 e. The lowest BCUT2D eigenvalue weighted by Crippen LogP contribution is -2.50. The molecule has 10 heteroatoms. The van der Waals surface area contributed by atoms with Crippen LogP contribution in [0.1, 0.15) is 44.1 Å². The number of aliphatic carboxylic acids is 1. The number of piperidine rings is 1. The summed E-state index contributed by atoms with van der Waals surface area (Å²) in [5.74, 6) is -1.49. The fourth-order valence-electron chi connectivity index (χ4n) is 4.34. The van der Waals surface area contributed by atoms with Crippen molar-refractivity contribution in [1.29, 1.82) is 0 Å². The summed E-state index contributed by atoms with van der Waals surface area (Å²) in [4.78, 5) is 27.3. The molecule has 3 heterocycles. The van der Waals surface area contributed by atoms with E-state index in [1.165, 1.54) is 0 Å². The van der Waals surface area contributed by atoms with Crippen LogP contribution in [0.5, 0.6) is 0 Å². The van der Waals surface area contributed by atoms with Gasteiger partial charge in [-0.05, 0) is 56.1 Å². The second-order valence-electron chi connectivity index (χ2n) is 8.50. The number of rotatable bonds is 6. The van der Waals surface area contributed by atoms with Gasteiger partial charge in [0.05, 0.1) is 12.2 Å². The number of aromatic nitrogens is 1. The monoisotopic (exact) mass is 458 g/mol. The third kappa shape index (κ3) is 6.65. The van der Waals surface area contributed by atoms with Crippen LogP contribution in [-0.2, 0) is 25.7 Å². The number of carbonyl (C=O) groups is 2. The van der Waals surface area contributed by atoms with Gasteiger partial charge < -0.3 is 19.5 Å². The van der Waals surface area contributed by atoms with Crippen LogP contribution >= 0.6 is 0 Å². The van der Waals surface area contributed by atoms with E-state index in [0.29, 0.717) is 24.3 Å². The number of amides is 1. The van der Waals surface area contributed by atoms with Crippen LogP contribution in [0, 0.1) is 11.8 Å². The first kappa shape index (κ1) is 24.4. The zero-order chi connectivity index (χ0) is 23.2. The Morgan fingerprint density at radius 1 is 1.25 bits per heavy atom. The molecule has 7 nitrogen and oxygen atoms in total. The number of halogens is 3. The lowest BCUT2D eigenvalue weighted by molar-refractivity contribution is -0.192. The Hall–Kier alpha value is -2.20. The molecule has 1 aliphatic carbocycles. The van der Waals surface area contributed by atoms with Gasteiger partial charge in [0.25, 0.3) is 0 Å². The molecule has 2 saturated heterocycles. The van der Waals surface area contributed by atoms with Crippen LogP contribution < -0.4 is 0 Å². The highest BCUT2D eigenvalue weighted by Gasteiger charge is 2.47. The Balaban J connectivity index is 0.000000360. The van der Waals surface area contributed by atoms with Gasteiger partial charge in [-0.25, -0.2) is 4.79 Å². The first-order valence-electron chi connectivity index (χ1n) is 10.9. The minimum absolute atomic E-state index is 0.0159. The summed E-state index contributed by atoms with van der Waals surface area (Å²) in [6, 6.07) is 3.98. The summed E-state index contributed by atoms with van der Waals surface area (Å²) in [6.45, 7) is 3.96. The van der Waals surface area contributed by atoms with Crippen molar-refractivity contribution >= 4 is 11.9 Å². The molecule has 1 spiro atoms. The quantitative estimate of drug-likeness (QED) is 0.657. The maximum Gasteiger partial charge on any atom is 0.490 e. The van der Waals surface area contributed by atoms with E-state index >= 15 is 0 Å². The number of likely N-dealkylation sites (tertiary alicyclic amines) is 1. The number of hydrogen-bond donors (Lipinski definition) is 1. The third-order valence-corrected chi connectivity index (χ3v) is 6.29. The molecule has 1 amide bonds. The van der Waals surface area contributed by atoms with E-state index in [4.69, 9.17) is 19.4 Å². The molecule has 178 valence electrons. The zero-order valence-corrected chi connectivity index (χ0v) is 17.9. The first-order chi connectivity index (χ1) is 15.2. The second-order valence-corrected chi connectivity index (χ2v) is 8.50. The molecule has 1 aromatic heterocycles. The van der Waals surface area contributed by atoms with E-state index in [-0.39, 0.29) is 5.60 Å². The third-order valence-electron chi connectivity index (χ3n) is 6.29. The molecule has 0 bridgehead atoms. The maximum absolute atomic E-state index is 12.3. The molecule has 4 rings (SSSR count). The van der Waals surface area contributed by atoms with Crippen molar-refractivity contribution in [3.05, 3.63) is 30.1 Å². The van der Waals surface area contributed by atoms with E-state index in [1.54, 1.807) is 6.20 Å². The molecule has 1 N–H and O–H groups in total. The van der Waals surface area contributed by atoms with Crippen molar-refractivity contribution in [2.24, 2.45) is 11.8 Å².